The number of nitrogens with zero attached hydrogens (tertiary/aromatic N) is 2. The third-order valence-corrected chi connectivity index (χ3v) is 3.46. The van der Waals surface area contributed by atoms with E-state index in [0.717, 1.165) is 0 Å². The number of benzene rings is 2. The summed E-state index contributed by atoms with van der Waals surface area (Å²) in [6.45, 7) is 3.97. The highest BCUT2D eigenvalue weighted by atomic mass is 16.5. The SMILES string of the molecule is CCOc1ccccc1NC(=O)COc1ccccc1-c1nc(C)no1. The Balaban J connectivity index is 1.67. The van der Waals surface area contributed by atoms with Gasteiger partial charge in [0.1, 0.15) is 11.5 Å². The number of aromatic nitrogens is 2. The van der Waals surface area contributed by atoms with Crippen molar-refractivity contribution in [1.29, 1.82) is 0 Å². The van der Waals surface area contributed by atoms with E-state index in [-0.39, 0.29) is 12.5 Å². The van der Waals surface area contributed by atoms with Gasteiger partial charge in [0.2, 0.25) is 0 Å². The minimum Gasteiger partial charge on any atom is -0.492 e. The van der Waals surface area contributed by atoms with Crippen molar-refractivity contribution in [2.24, 2.45) is 0 Å². The molecule has 1 amide bonds. The van der Waals surface area contributed by atoms with E-state index in [1.165, 1.54) is 0 Å². The third kappa shape index (κ3) is 4.18. The second-order valence-corrected chi connectivity index (χ2v) is 5.41. The number of para-hydroxylation sites is 3. The number of anilines is 1. The van der Waals surface area contributed by atoms with E-state index >= 15 is 0 Å². The van der Waals surface area contributed by atoms with E-state index in [0.29, 0.717) is 41.1 Å². The molecule has 0 atom stereocenters. The molecule has 3 aromatic rings. The van der Waals surface area contributed by atoms with Crippen LogP contribution in [0, 0.1) is 6.92 Å². The van der Waals surface area contributed by atoms with Crippen LogP contribution in [0.3, 0.4) is 0 Å². The monoisotopic (exact) mass is 353 g/mol. The van der Waals surface area contributed by atoms with Crippen LogP contribution in [-0.2, 0) is 4.79 Å². The summed E-state index contributed by atoms with van der Waals surface area (Å²) in [5.41, 5.74) is 1.24. The topological polar surface area (TPSA) is 86.5 Å². The van der Waals surface area contributed by atoms with Crippen LogP contribution in [0.2, 0.25) is 0 Å². The molecule has 7 nitrogen and oxygen atoms in total. The second kappa shape index (κ2) is 8.15. The number of nitrogens with one attached hydrogen (secondary N) is 1. The lowest BCUT2D eigenvalue weighted by Gasteiger charge is -2.12. The molecule has 0 spiro atoms. The minimum atomic E-state index is -0.298. The number of aryl methyl sites for hydroxylation is 1. The number of hydrogen-bond donors (Lipinski definition) is 1. The highest BCUT2D eigenvalue weighted by Gasteiger charge is 2.14. The van der Waals surface area contributed by atoms with Crippen LogP contribution in [0.15, 0.2) is 53.1 Å². The van der Waals surface area contributed by atoms with Crippen LogP contribution in [0.4, 0.5) is 5.69 Å². The summed E-state index contributed by atoms with van der Waals surface area (Å²) in [4.78, 5) is 16.4. The van der Waals surface area contributed by atoms with Gasteiger partial charge in [0.25, 0.3) is 11.8 Å². The first-order valence-electron chi connectivity index (χ1n) is 8.21. The summed E-state index contributed by atoms with van der Waals surface area (Å²) in [5.74, 6) is 1.68. The van der Waals surface area contributed by atoms with E-state index in [1.807, 2.05) is 31.2 Å². The Morgan fingerprint density at radius 2 is 1.81 bits per heavy atom. The average Bonchev–Trinajstić information content (AvgIpc) is 3.08. The maximum Gasteiger partial charge on any atom is 0.262 e. The van der Waals surface area contributed by atoms with Crippen molar-refractivity contribution in [2.75, 3.05) is 18.5 Å². The number of rotatable bonds is 7. The quantitative estimate of drug-likeness (QED) is 0.700. The Morgan fingerprint density at radius 3 is 2.54 bits per heavy atom. The van der Waals surface area contributed by atoms with Crippen LogP contribution >= 0.6 is 0 Å². The molecule has 0 unspecified atom stereocenters. The number of carbonyl (C=O) groups excluding carboxylic acids is 1. The molecule has 0 aliphatic heterocycles. The summed E-state index contributed by atoms with van der Waals surface area (Å²) in [6, 6.07) is 14.4. The van der Waals surface area contributed by atoms with Gasteiger partial charge in [0, 0.05) is 0 Å². The van der Waals surface area contributed by atoms with Crippen molar-refractivity contribution >= 4 is 11.6 Å². The van der Waals surface area contributed by atoms with E-state index in [9.17, 15) is 4.79 Å². The van der Waals surface area contributed by atoms with Gasteiger partial charge in [-0.05, 0) is 38.1 Å². The van der Waals surface area contributed by atoms with Gasteiger partial charge in [0.15, 0.2) is 12.4 Å². The summed E-state index contributed by atoms with van der Waals surface area (Å²) in [7, 11) is 0. The molecule has 0 aliphatic rings. The zero-order valence-electron chi connectivity index (χ0n) is 14.6. The Labute approximate surface area is 150 Å². The molecule has 0 fully saturated rings. The number of hydrogen-bond acceptors (Lipinski definition) is 6. The second-order valence-electron chi connectivity index (χ2n) is 5.41. The van der Waals surface area contributed by atoms with Crippen molar-refractivity contribution in [3.05, 3.63) is 54.4 Å². The minimum absolute atomic E-state index is 0.162. The first-order valence-corrected chi connectivity index (χ1v) is 8.21. The van der Waals surface area contributed by atoms with Gasteiger partial charge in [-0.25, -0.2) is 0 Å². The summed E-state index contributed by atoms with van der Waals surface area (Å²) in [5, 5.41) is 6.57. The average molecular weight is 353 g/mol. The first-order chi connectivity index (χ1) is 12.7. The zero-order chi connectivity index (χ0) is 18.4. The number of carbonyl (C=O) groups is 1. The molecule has 134 valence electrons. The molecule has 0 saturated heterocycles. The van der Waals surface area contributed by atoms with Gasteiger partial charge in [-0.3, -0.25) is 4.79 Å². The Hall–Kier alpha value is -3.35. The van der Waals surface area contributed by atoms with Crippen molar-refractivity contribution in [3.8, 4) is 23.0 Å². The van der Waals surface area contributed by atoms with Crippen LogP contribution in [0.25, 0.3) is 11.5 Å². The molecule has 0 saturated carbocycles. The van der Waals surface area contributed by atoms with Crippen molar-refractivity contribution in [1.82, 2.24) is 10.1 Å². The Bertz CT molecular complexity index is 892. The van der Waals surface area contributed by atoms with Crippen molar-refractivity contribution in [2.45, 2.75) is 13.8 Å². The van der Waals surface area contributed by atoms with Crippen LogP contribution in [0.1, 0.15) is 12.7 Å². The molecule has 2 aromatic carbocycles. The molecule has 1 heterocycles. The normalized spacial score (nSPS) is 10.4. The molecule has 0 radical (unpaired) electrons. The van der Waals surface area contributed by atoms with Gasteiger partial charge in [0.05, 0.1) is 17.9 Å². The predicted molar refractivity (Wildman–Crippen MR) is 96.2 cm³/mol. The summed E-state index contributed by atoms with van der Waals surface area (Å²) in [6.07, 6.45) is 0. The van der Waals surface area contributed by atoms with Gasteiger partial charge in [-0.1, -0.05) is 29.4 Å². The lowest BCUT2D eigenvalue weighted by molar-refractivity contribution is -0.118. The van der Waals surface area contributed by atoms with E-state index < -0.39 is 0 Å². The fourth-order valence-electron chi connectivity index (χ4n) is 2.36. The first kappa shape index (κ1) is 17.5. The lowest BCUT2D eigenvalue weighted by atomic mass is 10.2. The van der Waals surface area contributed by atoms with Gasteiger partial charge < -0.3 is 19.3 Å². The zero-order valence-corrected chi connectivity index (χ0v) is 14.6. The maximum atomic E-state index is 12.3. The summed E-state index contributed by atoms with van der Waals surface area (Å²) >= 11 is 0. The predicted octanol–water partition coefficient (Wildman–Crippen LogP) is 3.46. The van der Waals surface area contributed by atoms with Crippen LogP contribution < -0.4 is 14.8 Å². The van der Waals surface area contributed by atoms with Crippen LogP contribution in [-0.4, -0.2) is 29.3 Å². The fourth-order valence-corrected chi connectivity index (χ4v) is 2.36. The van der Waals surface area contributed by atoms with E-state index in [4.69, 9.17) is 14.0 Å². The van der Waals surface area contributed by atoms with Gasteiger partial charge in [-0.15, -0.1) is 0 Å². The molecular formula is C19H19N3O4. The van der Waals surface area contributed by atoms with Gasteiger partial charge >= 0.3 is 0 Å². The van der Waals surface area contributed by atoms with Crippen molar-refractivity contribution in [3.63, 3.8) is 0 Å². The van der Waals surface area contributed by atoms with Gasteiger partial charge in [-0.2, -0.15) is 4.98 Å². The number of amides is 1. The molecule has 0 aliphatic carbocycles. The Morgan fingerprint density at radius 1 is 1.08 bits per heavy atom. The maximum absolute atomic E-state index is 12.3. The molecule has 7 heteroatoms. The van der Waals surface area contributed by atoms with E-state index in [2.05, 4.69) is 15.5 Å². The molecule has 3 rings (SSSR count). The lowest BCUT2D eigenvalue weighted by Crippen LogP contribution is -2.20. The number of ether oxygens (including phenoxy) is 2. The highest BCUT2D eigenvalue weighted by Crippen LogP contribution is 2.28. The van der Waals surface area contributed by atoms with Crippen LogP contribution in [0.5, 0.6) is 11.5 Å². The molecule has 0 bridgehead atoms. The summed E-state index contributed by atoms with van der Waals surface area (Å²) < 4.78 is 16.3. The van der Waals surface area contributed by atoms with Crippen molar-refractivity contribution < 1.29 is 18.8 Å². The smallest absolute Gasteiger partial charge is 0.262 e. The highest BCUT2D eigenvalue weighted by molar-refractivity contribution is 5.93. The molecule has 1 aromatic heterocycles. The largest absolute Gasteiger partial charge is 0.492 e. The standard InChI is InChI=1S/C19H19N3O4/c1-3-24-17-11-7-5-9-15(17)21-18(23)12-25-16-10-6-4-8-14(16)19-20-13(2)22-26-19/h4-11H,3,12H2,1-2H3,(H,21,23). The Kier molecular flexibility index (Phi) is 5.48. The molecule has 1 N–H and O–H groups in total. The third-order valence-electron chi connectivity index (χ3n) is 3.46. The fraction of sp³-hybridized carbons (Fsp3) is 0.211. The van der Waals surface area contributed by atoms with E-state index in [1.54, 1.807) is 31.2 Å². The molecular weight excluding hydrogens is 334 g/mol. The molecule has 26 heavy (non-hydrogen) atoms.